The predicted octanol–water partition coefficient (Wildman–Crippen LogP) is 3.38. The number of anilines is 6. The van der Waals surface area contributed by atoms with Gasteiger partial charge >= 0.3 is 55.3 Å². The smallest absolute Gasteiger partial charge is 0.311 e. The number of nitrogens with zero attached hydrogens (tertiary/aromatic N) is 15. The molecule has 0 spiro atoms. The molecule has 5 saturated heterocycles. The first kappa shape index (κ1) is 105. The number of aliphatic hydroxyl groups excluding tert-OH is 4. The van der Waals surface area contributed by atoms with E-state index in [4.69, 9.17) is 99.7 Å². The zero-order valence-corrected chi connectivity index (χ0v) is 79.2. The second-order valence-corrected chi connectivity index (χ2v) is 35.9. The number of hydrogen-bond donors (Lipinski definition) is 9. The van der Waals surface area contributed by atoms with Gasteiger partial charge in [-0.05, 0) is 24.8 Å². The van der Waals surface area contributed by atoms with Crippen molar-refractivity contribution >= 4 is 170 Å². The molecule has 6 aliphatic rings. The lowest BCUT2D eigenvalue weighted by Crippen LogP contribution is -2.40. The molecule has 5 fully saturated rings. The quantitative estimate of drug-likeness (QED) is 0.0123. The molecule has 0 radical (unpaired) electrons. The minimum atomic E-state index is -1.11. The molecule has 1 unspecified atom stereocenters. The molecule has 0 amide bonds. The Morgan fingerprint density at radius 2 is 0.756 bits per heavy atom. The number of aromatic nitrogens is 14. The van der Waals surface area contributed by atoms with Gasteiger partial charge in [-0.25, -0.2) is 24.9 Å². The Balaban J connectivity index is 0.000000164. The maximum Gasteiger partial charge on any atom is 0.311 e. The second kappa shape index (κ2) is 48.2. The molecular weight excluding hydrogens is 1880 g/mol. The van der Waals surface area contributed by atoms with E-state index in [0.717, 1.165) is 95.2 Å². The summed E-state index contributed by atoms with van der Waals surface area (Å²) in [5.41, 5.74) is 29.8. The van der Waals surface area contributed by atoms with Crippen LogP contribution >= 0.6 is 57.1 Å². The number of ether oxygens (including phenoxy) is 15. The van der Waals surface area contributed by atoms with Gasteiger partial charge in [-0.3, -0.25) is 71.1 Å². The number of hydrogen-bond acceptors (Lipinski definition) is 50. The van der Waals surface area contributed by atoms with Crippen molar-refractivity contribution in [1.29, 1.82) is 0 Å². The lowest BCUT2D eigenvalue weighted by molar-refractivity contribution is -0.158. The zero-order valence-electron chi connectivity index (χ0n) is 75.1. The standard InChI is InChI=1S/C22H32N4O7S.C18H24N4O7S.C15H18N4O7S.C14H20N4O5S.C12H14N4O3S/c1-4-5-6-7-8-9-10-30-17-15(12-31-13(2)27)33-20(18(17)32-14(3)28)26-19-16(34-22(26)29)11-24-21(23)25-19;1-4-5-6-26-13-11(8-27-9(2)23)29-16(14(13)28-10(3)24)22-15-12(30-18(22)25)7-20-17(19)21-15;1-6(20)24-5-8-10(23-3)11(25-7(2)21)13(26-8)19-12-9(27-15(19)22)4-17-14(16)18-12;1-2-3-4-22-10-7(6-19)23-12(9(10)20)18-11-8(24-14(18)21)5-16-13(15)17-11;1-5-7(4-17)19-11(9(5)18)16-6(2)20-8-3-14-12(13)15-10(8)16/h11,15,17-18,20H,4-10,12H2,1-3H3,(H2,23,24,25);7,11,13-14,16H,4-6,8H2,1-3H3,(H2,19,20,21);4,8,10-11,13H,5H2,1-3H3,(H2,16,17,18);5,7,9-10,12,19-20H,2-4,6H2,1H3,(H2,15,16,17);3,7,9,11,17-18H,1-2,4H2,(H2,13,14,15)/t15-,17+,18-,20-;11-,13+,14-,16-;8-,10+,11-,13-;7-,9-,10+,12?;7-,9-,11-/m11111/s1. The molecule has 0 saturated carbocycles. The Morgan fingerprint density at radius 3 is 1.12 bits per heavy atom. The number of carbonyl (C=O) groups excluding carboxylic acids is 6. The SMILES string of the molecule is C=C1[C@@H](O)[C@H](N2C(=C)Sc3cnc(N)nc32)O[C@@H]1CO.CCCCCCCCO[C@@H]1[C@@H](OC(C)=O)[C@H](n2c(=O)sc3cnc(N)nc32)O[C@@H]1COC(C)=O.CCCCO[C@@H]1[C@@H](OC(C)=O)[C@H](n2c(=O)sc3cnc(N)nc32)O[C@@H]1COC(C)=O.CCCCO[C@H]1[C@@H](CO)OC(n2c(=O)sc3cnc(N)nc32)[C@@H]1O.CO[C@@H]1[C@@H](OC(C)=O)[C@H](n2c(=O)sc3cnc(N)nc32)O[C@@H]1COC(C)=O. The van der Waals surface area contributed by atoms with Gasteiger partial charge in [-0.1, -0.05) is 136 Å². The summed E-state index contributed by atoms with van der Waals surface area (Å²) in [7, 11) is 1.41. The van der Waals surface area contributed by atoms with Crippen LogP contribution in [-0.2, 0) is 99.8 Å². The van der Waals surface area contributed by atoms with Crippen molar-refractivity contribution in [3.63, 3.8) is 0 Å². The van der Waals surface area contributed by atoms with E-state index in [1.54, 1.807) is 11.1 Å². The number of nitrogen functional groups attached to an aromatic ring is 5. The van der Waals surface area contributed by atoms with E-state index in [-0.39, 0.29) is 94.3 Å². The number of esters is 6. The maximum atomic E-state index is 12.9. The molecule has 15 heterocycles. The third kappa shape index (κ3) is 25.5. The van der Waals surface area contributed by atoms with Crippen LogP contribution in [0.3, 0.4) is 0 Å². The van der Waals surface area contributed by atoms with Gasteiger partial charge in [0.2, 0.25) is 29.7 Å². The second-order valence-electron chi connectivity index (χ2n) is 30.9. The summed E-state index contributed by atoms with van der Waals surface area (Å²) in [6.07, 6.45) is 1.07. The normalized spacial score (nSPS) is 24.9. The largest absolute Gasteiger partial charge is 0.463 e. The molecule has 9 aromatic rings. The lowest BCUT2D eigenvalue weighted by atomic mass is 10.1. The number of carbonyl (C=O) groups is 6. The van der Waals surface area contributed by atoms with E-state index in [0.29, 0.717) is 60.7 Å². The van der Waals surface area contributed by atoms with Crippen LogP contribution in [0.25, 0.3) is 41.4 Å². The van der Waals surface area contributed by atoms with Crippen LogP contribution in [0.1, 0.15) is 151 Å². The van der Waals surface area contributed by atoms with E-state index < -0.39 is 157 Å². The number of unbranched alkanes of at least 4 members (excludes halogenated alkanes) is 7. The highest BCUT2D eigenvalue weighted by Crippen LogP contribution is 2.48. The number of fused-ring (bicyclic) bond motifs is 5. The number of thioether (sulfide) groups is 1. The monoisotopic (exact) mass is 1980 g/mol. The van der Waals surface area contributed by atoms with E-state index in [9.17, 15) is 68.4 Å². The predicted molar refractivity (Wildman–Crippen MR) is 488 cm³/mol. The fourth-order valence-electron chi connectivity index (χ4n) is 15.0. The van der Waals surface area contributed by atoms with Gasteiger partial charge < -0.3 is 120 Å². The molecule has 0 aromatic carbocycles. The van der Waals surface area contributed by atoms with Crippen LogP contribution in [0.2, 0.25) is 0 Å². The number of rotatable bonds is 33. The van der Waals surface area contributed by atoms with Crippen LogP contribution in [0.15, 0.2) is 78.8 Å². The van der Waals surface area contributed by atoms with Crippen molar-refractivity contribution in [2.45, 2.75) is 248 Å². The molecule has 54 heteroatoms. The van der Waals surface area contributed by atoms with E-state index in [1.165, 1.54) is 123 Å². The number of nitrogens with two attached hydrogens (primary N) is 5. The van der Waals surface area contributed by atoms with E-state index in [2.05, 4.69) is 69.9 Å². The summed E-state index contributed by atoms with van der Waals surface area (Å²) in [5, 5.41) is 40.2. The van der Waals surface area contributed by atoms with Crippen LogP contribution < -0.4 is 53.1 Å². The highest BCUT2D eigenvalue weighted by Gasteiger charge is 2.55. The Morgan fingerprint density at radius 1 is 0.415 bits per heavy atom. The molecule has 49 nitrogen and oxygen atoms in total. The van der Waals surface area contributed by atoms with E-state index >= 15 is 0 Å². The number of methoxy groups -OCH3 is 1. The third-order valence-corrected chi connectivity index (χ3v) is 25.6. The van der Waals surface area contributed by atoms with Gasteiger partial charge in [0.15, 0.2) is 77.9 Å². The van der Waals surface area contributed by atoms with Crippen LogP contribution in [0.5, 0.6) is 0 Å². The summed E-state index contributed by atoms with van der Waals surface area (Å²) in [6.45, 7) is 21.8. The topological polar surface area (TPSA) is 672 Å². The Labute approximate surface area is 788 Å². The molecule has 19 atom stereocenters. The van der Waals surface area contributed by atoms with Gasteiger partial charge in [0.05, 0.1) is 66.7 Å². The van der Waals surface area contributed by atoms with Crippen LogP contribution in [-0.4, -0.2) is 276 Å². The Kier molecular flexibility index (Phi) is 37.3. The van der Waals surface area contributed by atoms with Crippen molar-refractivity contribution in [2.75, 3.05) is 93.5 Å². The molecule has 736 valence electrons. The summed E-state index contributed by atoms with van der Waals surface area (Å²) in [5.74, 6) is -2.50. The maximum absolute atomic E-state index is 12.9. The molecular formula is C81H108N20O29S5. The Hall–Kier alpha value is -10.9. The first-order valence-electron chi connectivity index (χ1n) is 42.7. The van der Waals surface area contributed by atoms with Gasteiger partial charge in [0.25, 0.3) is 0 Å². The first-order chi connectivity index (χ1) is 64.5. The number of thiazole rings is 4. The lowest BCUT2D eigenvalue weighted by Gasteiger charge is -2.27. The highest BCUT2D eigenvalue weighted by atomic mass is 32.2. The first-order valence-corrected chi connectivity index (χ1v) is 46.8. The molecule has 6 aliphatic heterocycles. The van der Waals surface area contributed by atoms with Crippen molar-refractivity contribution in [2.24, 2.45) is 0 Å². The fourth-order valence-corrected chi connectivity index (χ4v) is 19.2. The van der Waals surface area contributed by atoms with Crippen molar-refractivity contribution in [3.05, 3.63) is 93.4 Å². The fraction of sp³-hybridized carbons (Fsp3) is 0.580. The highest BCUT2D eigenvalue weighted by molar-refractivity contribution is 8.03. The third-order valence-electron chi connectivity index (χ3n) is 21.1. The molecule has 0 aliphatic carbocycles. The van der Waals surface area contributed by atoms with Gasteiger partial charge in [-0.2, -0.15) is 24.9 Å². The molecule has 14 N–H and O–H groups in total. The number of aliphatic hydroxyl groups is 4. The van der Waals surface area contributed by atoms with Gasteiger partial charge in [0, 0.05) is 74.7 Å². The van der Waals surface area contributed by atoms with Crippen LogP contribution in [0, 0.1) is 0 Å². The van der Waals surface area contributed by atoms with Crippen molar-refractivity contribution < 1.29 is 120 Å². The molecule has 0 bridgehead atoms. The van der Waals surface area contributed by atoms with Crippen LogP contribution in [0.4, 0.5) is 35.6 Å². The summed E-state index contributed by atoms with van der Waals surface area (Å²) < 4.78 is 91.3. The van der Waals surface area contributed by atoms with Gasteiger partial charge in [0.1, 0.15) is 87.0 Å². The van der Waals surface area contributed by atoms with Gasteiger partial charge in [-0.15, -0.1) is 0 Å². The average molecular weight is 1990 g/mol. The Bertz CT molecular complexity index is 5920. The van der Waals surface area contributed by atoms with Crippen molar-refractivity contribution in [3.8, 4) is 0 Å². The van der Waals surface area contributed by atoms with Crippen molar-refractivity contribution in [1.82, 2.24) is 68.1 Å². The summed E-state index contributed by atoms with van der Waals surface area (Å²) >= 11 is 5.06. The molecule has 135 heavy (non-hydrogen) atoms. The molecule has 15 rings (SSSR count). The summed E-state index contributed by atoms with van der Waals surface area (Å²) in [4.78, 5) is 161. The summed E-state index contributed by atoms with van der Waals surface area (Å²) in [6, 6.07) is 0. The minimum absolute atomic E-state index is 0.00609. The van der Waals surface area contributed by atoms with E-state index in [1.807, 2.05) is 13.8 Å². The molecule has 9 aromatic heterocycles. The zero-order chi connectivity index (χ0) is 97.9. The average Bonchev–Trinajstić information content (AvgIpc) is 1.85. The minimum Gasteiger partial charge on any atom is -0.463 e.